The Morgan fingerprint density at radius 1 is 1.29 bits per heavy atom. The highest BCUT2D eigenvalue weighted by Crippen LogP contribution is 2.44. The van der Waals surface area contributed by atoms with Gasteiger partial charge in [0.1, 0.15) is 0 Å². The molecule has 4 heteroatoms. The van der Waals surface area contributed by atoms with Gasteiger partial charge in [0.05, 0.1) is 11.6 Å². The number of hydrogen-bond acceptors (Lipinski definition) is 4. The molecule has 0 aromatic carbocycles. The van der Waals surface area contributed by atoms with E-state index in [0.717, 1.165) is 31.6 Å². The summed E-state index contributed by atoms with van der Waals surface area (Å²) < 4.78 is 6.22. The van der Waals surface area contributed by atoms with Gasteiger partial charge < -0.3 is 4.74 Å². The maximum Gasteiger partial charge on any atom is 0.0852 e. The second-order valence-electron chi connectivity index (χ2n) is 6.91. The first-order valence-electron chi connectivity index (χ1n) is 8.01. The lowest BCUT2D eigenvalue weighted by molar-refractivity contribution is -0.106. The molecule has 1 aliphatic carbocycles. The molecule has 1 aromatic heterocycles. The van der Waals surface area contributed by atoms with Gasteiger partial charge in [-0.3, -0.25) is 16.3 Å². The van der Waals surface area contributed by atoms with Gasteiger partial charge in [0.2, 0.25) is 0 Å². The summed E-state index contributed by atoms with van der Waals surface area (Å²) in [7, 11) is 0. The minimum absolute atomic E-state index is 0.100. The summed E-state index contributed by atoms with van der Waals surface area (Å²) in [6.07, 6.45) is 7.09. The fourth-order valence-corrected chi connectivity index (χ4v) is 3.36. The molecule has 0 bridgehead atoms. The van der Waals surface area contributed by atoms with Gasteiger partial charge in [-0.2, -0.15) is 0 Å². The maximum absolute atomic E-state index is 6.22. The van der Waals surface area contributed by atoms with E-state index in [0.29, 0.717) is 5.41 Å². The normalized spacial score (nSPS) is 21.9. The van der Waals surface area contributed by atoms with Gasteiger partial charge in [-0.15, -0.1) is 0 Å². The zero-order valence-electron chi connectivity index (χ0n) is 13.6. The third kappa shape index (κ3) is 4.02. The van der Waals surface area contributed by atoms with Crippen LogP contribution in [0.2, 0.25) is 0 Å². The Hall–Kier alpha value is -0.970. The first-order chi connectivity index (χ1) is 10.0. The summed E-state index contributed by atoms with van der Waals surface area (Å²) in [5, 5.41) is 0. The van der Waals surface area contributed by atoms with Gasteiger partial charge in [-0.05, 0) is 50.2 Å². The Labute approximate surface area is 128 Å². The number of nitrogens with two attached hydrogens (primary N) is 1. The van der Waals surface area contributed by atoms with Crippen LogP contribution in [0.1, 0.15) is 52.1 Å². The smallest absolute Gasteiger partial charge is 0.0852 e. The monoisotopic (exact) mass is 291 g/mol. The van der Waals surface area contributed by atoms with Gasteiger partial charge in [0.15, 0.2) is 0 Å². The molecule has 1 atom stereocenters. The van der Waals surface area contributed by atoms with Gasteiger partial charge in [-0.25, -0.2) is 0 Å². The SMILES string of the molecule is CCOC1(C(Cc2ccccn2)NN)CCC(C)(C)CC1. The number of nitrogens with zero attached hydrogens (tertiary/aromatic N) is 1. The molecule has 1 saturated carbocycles. The van der Waals surface area contributed by atoms with Crippen molar-refractivity contribution in [1.82, 2.24) is 10.4 Å². The number of hydrazine groups is 1. The second-order valence-corrected chi connectivity index (χ2v) is 6.91. The lowest BCUT2D eigenvalue weighted by Gasteiger charge is -2.47. The highest BCUT2D eigenvalue weighted by Gasteiger charge is 2.44. The van der Waals surface area contributed by atoms with Crippen molar-refractivity contribution in [3.63, 3.8) is 0 Å². The molecule has 1 heterocycles. The predicted octanol–water partition coefficient (Wildman–Crippen LogP) is 2.83. The van der Waals surface area contributed by atoms with E-state index < -0.39 is 0 Å². The van der Waals surface area contributed by atoms with Crippen molar-refractivity contribution < 1.29 is 4.74 Å². The molecule has 118 valence electrons. The van der Waals surface area contributed by atoms with Crippen LogP contribution < -0.4 is 11.3 Å². The molecule has 1 fully saturated rings. The maximum atomic E-state index is 6.22. The lowest BCUT2D eigenvalue weighted by atomic mass is 9.68. The zero-order chi connectivity index (χ0) is 15.3. The number of nitrogens with one attached hydrogen (secondary N) is 1. The number of pyridine rings is 1. The molecule has 0 spiro atoms. The summed E-state index contributed by atoms with van der Waals surface area (Å²) in [6.45, 7) is 7.47. The summed E-state index contributed by atoms with van der Waals surface area (Å²) in [5.41, 5.74) is 4.31. The van der Waals surface area contributed by atoms with E-state index in [9.17, 15) is 0 Å². The summed E-state index contributed by atoms with van der Waals surface area (Å²) in [5.74, 6) is 5.88. The third-order valence-corrected chi connectivity index (χ3v) is 4.86. The third-order valence-electron chi connectivity index (χ3n) is 4.86. The minimum Gasteiger partial charge on any atom is -0.374 e. The molecular weight excluding hydrogens is 262 g/mol. The molecule has 1 unspecified atom stereocenters. The van der Waals surface area contributed by atoms with Crippen molar-refractivity contribution in [3.8, 4) is 0 Å². The summed E-state index contributed by atoms with van der Waals surface area (Å²) in [4.78, 5) is 4.43. The van der Waals surface area contributed by atoms with E-state index in [1.807, 2.05) is 18.3 Å². The van der Waals surface area contributed by atoms with Crippen LogP contribution in [0.3, 0.4) is 0 Å². The highest BCUT2D eigenvalue weighted by atomic mass is 16.5. The van der Waals surface area contributed by atoms with Crippen LogP contribution in [0.25, 0.3) is 0 Å². The second kappa shape index (κ2) is 6.86. The average molecular weight is 291 g/mol. The molecule has 0 saturated heterocycles. The predicted molar refractivity (Wildman–Crippen MR) is 85.7 cm³/mol. The van der Waals surface area contributed by atoms with Gasteiger partial charge in [0, 0.05) is 24.9 Å². The van der Waals surface area contributed by atoms with Crippen molar-refractivity contribution in [2.75, 3.05) is 6.61 Å². The molecular formula is C17H29N3O. The van der Waals surface area contributed by atoms with Crippen molar-refractivity contribution in [1.29, 1.82) is 0 Å². The topological polar surface area (TPSA) is 60.2 Å². The summed E-state index contributed by atoms with van der Waals surface area (Å²) in [6, 6.07) is 6.11. The van der Waals surface area contributed by atoms with E-state index in [2.05, 4.69) is 37.2 Å². The Bertz CT molecular complexity index is 423. The highest BCUT2D eigenvalue weighted by molar-refractivity contribution is 5.09. The lowest BCUT2D eigenvalue weighted by Crippen LogP contribution is -2.58. The van der Waals surface area contributed by atoms with E-state index in [1.165, 1.54) is 12.8 Å². The zero-order valence-corrected chi connectivity index (χ0v) is 13.6. The first-order valence-corrected chi connectivity index (χ1v) is 8.01. The molecule has 0 radical (unpaired) electrons. The fourth-order valence-electron chi connectivity index (χ4n) is 3.36. The molecule has 1 aliphatic rings. The molecule has 2 rings (SSSR count). The molecule has 21 heavy (non-hydrogen) atoms. The Morgan fingerprint density at radius 3 is 2.52 bits per heavy atom. The quantitative estimate of drug-likeness (QED) is 0.625. The van der Waals surface area contributed by atoms with Crippen LogP contribution >= 0.6 is 0 Å². The average Bonchev–Trinajstić information content (AvgIpc) is 2.49. The Kier molecular flexibility index (Phi) is 5.36. The van der Waals surface area contributed by atoms with Crippen molar-refractivity contribution in [2.24, 2.45) is 11.3 Å². The van der Waals surface area contributed by atoms with Crippen molar-refractivity contribution >= 4 is 0 Å². The molecule has 4 nitrogen and oxygen atoms in total. The fraction of sp³-hybridized carbons (Fsp3) is 0.706. The molecule has 0 amide bonds. The Morgan fingerprint density at radius 2 is 2.00 bits per heavy atom. The summed E-state index contributed by atoms with van der Waals surface area (Å²) >= 11 is 0. The van der Waals surface area contributed by atoms with E-state index in [4.69, 9.17) is 10.6 Å². The van der Waals surface area contributed by atoms with Gasteiger partial charge >= 0.3 is 0 Å². The van der Waals surface area contributed by atoms with Crippen LogP contribution in [-0.4, -0.2) is 23.2 Å². The molecule has 3 N–H and O–H groups in total. The van der Waals surface area contributed by atoms with E-state index in [-0.39, 0.29) is 11.6 Å². The van der Waals surface area contributed by atoms with Gasteiger partial charge in [-0.1, -0.05) is 19.9 Å². The minimum atomic E-state index is -0.170. The van der Waals surface area contributed by atoms with E-state index in [1.54, 1.807) is 0 Å². The van der Waals surface area contributed by atoms with Crippen LogP contribution in [0.5, 0.6) is 0 Å². The number of rotatable bonds is 6. The Balaban J connectivity index is 2.15. The van der Waals surface area contributed by atoms with Crippen LogP contribution in [0.15, 0.2) is 24.4 Å². The first kappa shape index (κ1) is 16.4. The number of ether oxygens (including phenoxy) is 1. The standard InChI is InChI=1S/C17H29N3O/c1-4-21-17(10-8-16(2,3)9-11-17)15(20-18)13-14-7-5-6-12-19-14/h5-7,12,15,20H,4,8-11,13,18H2,1-3H3. The van der Waals surface area contributed by atoms with Crippen LogP contribution in [0, 0.1) is 5.41 Å². The van der Waals surface area contributed by atoms with Gasteiger partial charge in [0.25, 0.3) is 0 Å². The molecule has 1 aromatic rings. The van der Waals surface area contributed by atoms with Crippen LogP contribution in [-0.2, 0) is 11.2 Å². The van der Waals surface area contributed by atoms with Crippen molar-refractivity contribution in [3.05, 3.63) is 30.1 Å². The largest absolute Gasteiger partial charge is 0.374 e. The number of aromatic nitrogens is 1. The van der Waals surface area contributed by atoms with Crippen molar-refractivity contribution in [2.45, 2.75) is 64.5 Å². The number of hydrogen-bond donors (Lipinski definition) is 2. The molecule has 0 aliphatic heterocycles. The van der Waals surface area contributed by atoms with Crippen LogP contribution in [0.4, 0.5) is 0 Å². The van der Waals surface area contributed by atoms with E-state index >= 15 is 0 Å².